The molecule has 3 nitrogen and oxygen atoms in total. The van der Waals surface area contributed by atoms with Crippen molar-refractivity contribution in [2.24, 2.45) is 0 Å². The molecule has 2 aromatic rings. The van der Waals surface area contributed by atoms with Crippen molar-refractivity contribution in [1.29, 1.82) is 0 Å². The van der Waals surface area contributed by atoms with Gasteiger partial charge in [0.25, 0.3) is 0 Å². The molecule has 1 aliphatic carbocycles. The van der Waals surface area contributed by atoms with Crippen LogP contribution in [0.2, 0.25) is 0 Å². The second-order valence-electron chi connectivity index (χ2n) is 6.64. The van der Waals surface area contributed by atoms with Crippen molar-refractivity contribution >= 4 is 10.0 Å². The summed E-state index contributed by atoms with van der Waals surface area (Å²) in [5.74, 6) is 6.10. The molecule has 1 saturated carbocycles. The Morgan fingerprint density at radius 2 is 1.77 bits per heavy atom. The Balaban J connectivity index is 1.83. The fraction of sp³-hybridized carbons (Fsp3) is 0.273. The Kier molecular flexibility index (Phi) is 5.61. The third kappa shape index (κ3) is 4.85. The number of benzene rings is 2. The van der Waals surface area contributed by atoms with Crippen molar-refractivity contribution in [1.82, 2.24) is 4.31 Å². The summed E-state index contributed by atoms with van der Waals surface area (Å²) >= 11 is 0. The maximum atomic E-state index is 13.0. The summed E-state index contributed by atoms with van der Waals surface area (Å²) < 4.78 is 27.5. The molecule has 1 fully saturated rings. The zero-order chi connectivity index (χ0) is 18.6. The predicted octanol–water partition coefficient (Wildman–Crippen LogP) is 4.07. The van der Waals surface area contributed by atoms with Gasteiger partial charge >= 0.3 is 0 Å². The first-order valence-electron chi connectivity index (χ1n) is 8.75. The van der Waals surface area contributed by atoms with E-state index in [0.29, 0.717) is 11.4 Å². The maximum absolute atomic E-state index is 13.0. The van der Waals surface area contributed by atoms with Gasteiger partial charge in [0.2, 0.25) is 10.0 Å². The van der Waals surface area contributed by atoms with Gasteiger partial charge in [-0.3, -0.25) is 0 Å². The Morgan fingerprint density at radius 3 is 2.42 bits per heavy atom. The molecule has 0 saturated heterocycles. The lowest BCUT2D eigenvalue weighted by Crippen LogP contribution is -2.31. The number of hydrogen-bond acceptors (Lipinski definition) is 2. The lowest BCUT2D eigenvalue weighted by molar-refractivity contribution is 0.478. The summed E-state index contributed by atoms with van der Waals surface area (Å²) in [5.41, 5.74) is 4.40. The first-order chi connectivity index (χ1) is 12.4. The summed E-state index contributed by atoms with van der Waals surface area (Å²) in [7, 11) is -3.56. The van der Waals surface area contributed by atoms with Crippen LogP contribution in [0.1, 0.15) is 29.5 Å². The third-order valence-electron chi connectivity index (χ3n) is 4.29. The van der Waals surface area contributed by atoms with Crippen LogP contribution in [0.25, 0.3) is 0 Å². The van der Waals surface area contributed by atoms with Crippen LogP contribution in [0, 0.1) is 25.7 Å². The minimum atomic E-state index is -3.56. The molecule has 0 bridgehead atoms. The lowest BCUT2D eigenvalue weighted by atomic mass is 10.1. The van der Waals surface area contributed by atoms with E-state index >= 15 is 0 Å². The van der Waals surface area contributed by atoms with Crippen molar-refractivity contribution in [3.05, 3.63) is 76.9 Å². The first-order valence-corrected chi connectivity index (χ1v) is 10.2. The molecule has 0 heterocycles. The van der Waals surface area contributed by atoms with Crippen LogP contribution < -0.4 is 0 Å². The van der Waals surface area contributed by atoms with Crippen molar-refractivity contribution < 1.29 is 8.42 Å². The molecule has 0 aliphatic heterocycles. The van der Waals surface area contributed by atoms with Crippen LogP contribution in [0.4, 0.5) is 0 Å². The molecule has 2 aromatic carbocycles. The van der Waals surface area contributed by atoms with Gasteiger partial charge in [0.1, 0.15) is 0 Å². The number of allylic oxidation sites excluding steroid dienone is 1. The van der Waals surface area contributed by atoms with Crippen molar-refractivity contribution in [3.8, 4) is 11.8 Å². The molecule has 0 unspecified atom stereocenters. The maximum Gasteiger partial charge on any atom is 0.244 e. The lowest BCUT2D eigenvalue weighted by Gasteiger charge is -2.18. The number of sulfonamides is 1. The Labute approximate surface area is 156 Å². The molecule has 0 amide bonds. The van der Waals surface area contributed by atoms with Gasteiger partial charge in [-0.2, -0.15) is 4.31 Å². The fourth-order valence-electron chi connectivity index (χ4n) is 2.57. The minimum Gasteiger partial charge on any atom is -0.207 e. The summed E-state index contributed by atoms with van der Waals surface area (Å²) in [6.45, 7) is 4.50. The standard InChI is InChI=1S/C22H23NO2S/c1-18-8-12-22(13-9-18)26(24,25)23(16-14-20-10-11-20)15-4-7-21-6-3-5-19(2)17-21/h3,5-6,8-9,12-14,17H,10-11,15-16H2,1-2H3. The number of aryl methyl sites for hydroxylation is 2. The van der Waals surface area contributed by atoms with Crippen LogP contribution in [0.3, 0.4) is 0 Å². The van der Waals surface area contributed by atoms with E-state index in [1.807, 2.05) is 56.3 Å². The van der Waals surface area contributed by atoms with Crippen molar-refractivity contribution in [3.63, 3.8) is 0 Å². The van der Waals surface area contributed by atoms with Crippen LogP contribution in [-0.2, 0) is 10.0 Å². The molecule has 134 valence electrons. The van der Waals surface area contributed by atoms with Gasteiger partial charge in [-0.15, -0.1) is 0 Å². The van der Waals surface area contributed by atoms with Crippen LogP contribution in [-0.4, -0.2) is 25.8 Å². The highest BCUT2D eigenvalue weighted by Gasteiger charge is 2.23. The molecule has 0 spiro atoms. The van der Waals surface area contributed by atoms with Gasteiger partial charge in [0, 0.05) is 12.1 Å². The second kappa shape index (κ2) is 7.90. The largest absolute Gasteiger partial charge is 0.244 e. The monoisotopic (exact) mass is 365 g/mol. The Morgan fingerprint density at radius 1 is 1.04 bits per heavy atom. The van der Waals surface area contributed by atoms with Gasteiger partial charge in [0.15, 0.2) is 0 Å². The fourth-order valence-corrected chi connectivity index (χ4v) is 3.85. The van der Waals surface area contributed by atoms with Gasteiger partial charge in [-0.1, -0.05) is 53.3 Å². The molecule has 26 heavy (non-hydrogen) atoms. The van der Waals surface area contributed by atoms with E-state index in [2.05, 4.69) is 11.8 Å². The topological polar surface area (TPSA) is 37.4 Å². The number of rotatable bonds is 5. The van der Waals surface area contributed by atoms with E-state index in [4.69, 9.17) is 0 Å². The summed E-state index contributed by atoms with van der Waals surface area (Å²) in [4.78, 5) is 0.314. The molecule has 3 rings (SSSR count). The van der Waals surface area contributed by atoms with Crippen LogP contribution >= 0.6 is 0 Å². The zero-order valence-corrected chi connectivity index (χ0v) is 16.0. The highest BCUT2D eigenvalue weighted by molar-refractivity contribution is 7.89. The first kappa shape index (κ1) is 18.4. The SMILES string of the molecule is Cc1ccc(S(=O)(=O)N(CC#Cc2cccc(C)c2)CC=C2CC2)cc1. The van der Waals surface area contributed by atoms with E-state index in [0.717, 1.165) is 29.5 Å². The molecule has 0 radical (unpaired) electrons. The van der Waals surface area contributed by atoms with Crippen molar-refractivity contribution in [2.45, 2.75) is 31.6 Å². The highest BCUT2D eigenvalue weighted by atomic mass is 32.2. The van der Waals surface area contributed by atoms with Gasteiger partial charge in [0.05, 0.1) is 11.4 Å². The van der Waals surface area contributed by atoms with Gasteiger partial charge < -0.3 is 0 Å². The highest BCUT2D eigenvalue weighted by Crippen LogP contribution is 2.27. The quantitative estimate of drug-likeness (QED) is 0.592. The summed E-state index contributed by atoms with van der Waals surface area (Å²) in [6.07, 6.45) is 4.17. The average Bonchev–Trinajstić information content (AvgIpc) is 3.42. The molecule has 4 heteroatoms. The van der Waals surface area contributed by atoms with Crippen LogP contribution in [0.5, 0.6) is 0 Å². The van der Waals surface area contributed by atoms with E-state index in [1.165, 1.54) is 9.88 Å². The zero-order valence-electron chi connectivity index (χ0n) is 15.2. The van der Waals surface area contributed by atoms with E-state index < -0.39 is 10.0 Å². The molecule has 0 atom stereocenters. The van der Waals surface area contributed by atoms with Gasteiger partial charge in [-0.25, -0.2) is 8.42 Å². The Hall–Kier alpha value is -2.35. The summed E-state index contributed by atoms with van der Waals surface area (Å²) in [6, 6.07) is 14.9. The second-order valence-corrected chi connectivity index (χ2v) is 8.58. The van der Waals surface area contributed by atoms with E-state index in [9.17, 15) is 8.42 Å². The average molecular weight is 365 g/mol. The number of nitrogens with zero attached hydrogens (tertiary/aromatic N) is 1. The van der Waals surface area contributed by atoms with E-state index in [1.54, 1.807) is 12.1 Å². The van der Waals surface area contributed by atoms with Crippen LogP contribution in [0.15, 0.2) is 65.1 Å². The van der Waals surface area contributed by atoms with E-state index in [-0.39, 0.29) is 6.54 Å². The van der Waals surface area contributed by atoms with Gasteiger partial charge in [-0.05, 0) is 56.5 Å². The predicted molar refractivity (Wildman–Crippen MR) is 105 cm³/mol. The normalized spacial score (nSPS) is 13.3. The molecule has 0 N–H and O–H groups in total. The number of hydrogen-bond donors (Lipinski definition) is 0. The Bertz CT molecular complexity index is 971. The minimum absolute atomic E-state index is 0.175. The molecular formula is C22H23NO2S. The molecule has 1 aliphatic rings. The molecule has 0 aromatic heterocycles. The smallest absolute Gasteiger partial charge is 0.207 e. The van der Waals surface area contributed by atoms with Crippen molar-refractivity contribution in [2.75, 3.05) is 13.1 Å². The molecular weight excluding hydrogens is 342 g/mol. The summed E-state index contributed by atoms with van der Waals surface area (Å²) in [5, 5.41) is 0. The third-order valence-corrected chi connectivity index (χ3v) is 6.11.